The lowest BCUT2D eigenvalue weighted by Crippen LogP contribution is -2.15. The molecule has 1 N–H and O–H groups in total. The van der Waals surface area contributed by atoms with Gasteiger partial charge in [-0.05, 0) is 40.8 Å². The smallest absolute Gasteiger partial charge is 0.264 e. The summed E-state index contributed by atoms with van der Waals surface area (Å²) in [6.45, 7) is 0. The van der Waals surface area contributed by atoms with E-state index in [0.717, 1.165) is 35.2 Å². The van der Waals surface area contributed by atoms with Crippen LogP contribution in [0.1, 0.15) is 11.1 Å². The molecule has 0 aliphatic heterocycles. The van der Waals surface area contributed by atoms with Crippen LogP contribution in [0.15, 0.2) is 59.5 Å². The largest absolute Gasteiger partial charge is 0.493 e. The highest BCUT2D eigenvalue weighted by molar-refractivity contribution is 7.92. The number of halogens is 1. The zero-order valence-electron chi connectivity index (χ0n) is 15.3. The van der Waals surface area contributed by atoms with Gasteiger partial charge in [0.05, 0.1) is 14.2 Å². The van der Waals surface area contributed by atoms with E-state index >= 15 is 0 Å². The maximum atomic E-state index is 14.4. The first kappa shape index (κ1) is 18.3. The third-order valence-electron chi connectivity index (χ3n) is 4.77. The van der Waals surface area contributed by atoms with Crippen molar-refractivity contribution >= 4 is 15.7 Å². The molecule has 144 valence electrons. The Morgan fingerprint density at radius 1 is 0.893 bits per heavy atom. The zero-order valence-corrected chi connectivity index (χ0v) is 16.1. The van der Waals surface area contributed by atoms with Gasteiger partial charge >= 0.3 is 0 Å². The fourth-order valence-electron chi connectivity index (χ4n) is 3.46. The minimum absolute atomic E-state index is 0.120. The second-order valence-corrected chi connectivity index (χ2v) is 8.10. The van der Waals surface area contributed by atoms with Crippen LogP contribution in [0.25, 0.3) is 11.1 Å². The van der Waals surface area contributed by atoms with Gasteiger partial charge in [0.15, 0.2) is 11.5 Å². The molecule has 3 aromatic carbocycles. The number of methoxy groups -OCH3 is 2. The maximum absolute atomic E-state index is 14.4. The van der Waals surface area contributed by atoms with Gasteiger partial charge in [0.1, 0.15) is 10.7 Å². The topological polar surface area (TPSA) is 64.6 Å². The van der Waals surface area contributed by atoms with E-state index in [1.165, 1.54) is 19.8 Å². The van der Waals surface area contributed by atoms with Crippen LogP contribution in [-0.2, 0) is 16.4 Å². The van der Waals surface area contributed by atoms with Crippen LogP contribution < -0.4 is 14.2 Å². The van der Waals surface area contributed by atoms with Crippen LogP contribution in [0.2, 0.25) is 0 Å². The molecule has 0 atom stereocenters. The minimum Gasteiger partial charge on any atom is -0.493 e. The highest BCUT2D eigenvalue weighted by atomic mass is 32.2. The van der Waals surface area contributed by atoms with Crippen molar-refractivity contribution in [2.75, 3.05) is 18.9 Å². The van der Waals surface area contributed by atoms with Crippen molar-refractivity contribution in [3.05, 3.63) is 71.5 Å². The van der Waals surface area contributed by atoms with Crippen LogP contribution in [0.4, 0.5) is 10.1 Å². The molecule has 1 aliphatic carbocycles. The number of anilines is 1. The van der Waals surface area contributed by atoms with Crippen LogP contribution in [0, 0.1) is 5.82 Å². The lowest BCUT2D eigenvalue weighted by atomic mass is 10.1. The summed E-state index contributed by atoms with van der Waals surface area (Å²) in [7, 11) is -1.43. The Kier molecular flexibility index (Phi) is 4.47. The van der Waals surface area contributed by atoms with Crippen LogP contribution >= 0.6 is 0 Å². The predicted molar refractivity (Wildman–Crippen MR) is 105 cm³/mol. The van der Waals surface area contributed by atoms with E-state index in [4.69, 9.17) is 9.47 Å². The molecule has 0 radical (unpaired) electrons. The highest BCUT2D eigenvalue weighted by Gasteiger charge is 2.24. The molecule has 5 nitrogen and oxygen atoms in total. The molecule has 1 aliphatic rings. The van der Waals surface area contributed by atoms with Gasteiger partial charge in [-0.1, -0.05) is 30.3 Å². The molecule has 0 fully saturated rings. The summed E-state index contributed by atoms with van der Waals surface area (Å²) in [6.07, 6.45) is 0.728. The molecule has 0 amide bonds. The Morgan fingerprint density at radius 2 is 1.57 bits per heavy atom. The normalized spacial score (nSPS) is 12.2. The summed E-state index contributed by atoms with van der Waals surface area (Å²) < 4.78 is 52.5. The van der Waals surface area contributed by atoms with Crippen LogP contribution in [-0.4, -0.2) is 22.6 Å². The summed E-state index contributed by atoms with van der Waals surface area (Å²) in [5, 5.41) is 0. The molecule has 0 heterocycles. The Labute approximate surface area is 162 Å². The van der Waals surface area contributed by atoms with Gasteiger partial charge < -0.3 is 9.47 Å². The Balaban J connectivity index is 1.67. The van der Waals surface area contributed by atoms with Crippen LogP contribution in [0.3, 0.4) is 0 Å². The number of hydrogen-bond acceptors (Lipinski definition) is 4. The first-order valence-electron chi connectivity index (χ1n) is 8.58. The minimum atomic E-state index is -4.15. The molecular weight excluding hydrogens is 381 g/mol. The van der Waals surface area contributed by atoms with Gasteiger partial charge in [0.2, 0.25) is 0 Å². The number of fused-ring (bicyclic) bond motifs is 3. The van der Waals surface area contributed by atoms with Crippen molar-refractivity contribution in [2.45, 2.75) is 11.3 Å². The third kappa shape index (κ3) is 3.07. The third-order valence-corrected chi connectivity index (χ3v) is 6.17. The van der Waals surface area contributed by atoms with E-state index in [2.05, 4.69) is 10.8 Å². The standard InChI is InChI=1S/C21H18FNO4S/c1-26-19-11-18(22)21(12-20(19)27-2)28(24,25)23-15-7-8-17-14(10-15)9-13-5-3-4-6-16(13)17/h3-8,10-12,23H,9H2,1-2H3. The molecule has 0 unspecified atom stereocenters. The Hall–Kier alpha value is -3.06. The fourth-order valence-corrected chi connectivity index (χ4v) is 4.59. The number of ether oxygens (including phenoxy) is 2. The second-order valence-electron chi connectivity index (χ2n) is 6.45. The Morgan fingerprint density at radius 3 is 2.32 bits per heavy atom. The number of benzene rings is 3. The van der Waals surface area contributed by atoms with E-state index in [-0.39, 0.29) is 11.5 Å². The Bertz CT molecular complexity index is 1180. The van der Waals surface area contributed by atoms with Gasteiger partial charge in [-0.15, -0.1) is 0 Å². The summed E-state index contributed by atoms with van der Waals surface area (Å²) in [4.78, 5) is -0.506. The lowest BCUT2D eigenvalue weighted by Gasteiger charge is -2.13. The molecule has 0 saturated carbocycles. The quantitative estimate of drug-likeness (QED) is 0.546. The highest BCUT2D eigenvalue weighted by Crippen LogP contribution is 2.38. The average molecular weight is 399 g/mol. The predicted octanol–water partition coefficient (Wildman–Crippen LogP) is 4.21. The molecular formula is C21H18FNO4S. The average Bonchev–Trinajstić information content (AvgIpc) is 3.04. The van der Waals surface area contributed by atoms with Gasteiger partial charge in [0.25, 0.3) is 10.0 Å². The zero-order chi connectivity index (χ0) is 19.9. The molecule has 7 heteroatoms. The molecule has 28 heavy (non-hydrogen) atoms. The van der Waals surface area contributed by atoms with Gasteiger partial charge in [-0.3, -0.25) is 4.72 Å². The van der Waals surface area contributed by atoms with E-state index in [9.17, 15) is 12.8 Å². The van der Waals surface area contributed by atoms with Gasteiger partial charge in [-0.25, -0.2) is 12.8 Å². The van der Waals surface area contributed by atoms with Crippen molar-refractivity contribution in [2.24, 2.45) is 0 Å². The molecule has 0 bridgehead atoms. The van der Waals surface area contributed by atoms with E-state index in [1.807, 2.05) is 24.3 Å². The summed E-state index contributed by atoms with van der Waals surface area (Å²) in [6, 6.07) is 15.5. The lowest BCUT2D eigenvalue weighted by molar-refractivity contribution is 0.350. The summed E-state index contributed by atoms with van der Waals surface area (Å²) >= 11 is 0. The van der Waals surface area contributed by atoms with Gasteiger partial charge in [0, 0.05) is 17.8 Å². The second kappa shape index (κ2) is 6.83. The first-order chi connectivity index (χ1) is 13.4. The van der Waals surface area contributed by atoms with Gasteiger partial charge in [-0.2, -0.15) is 0 Å². The van der Waals surface area contributed by atoms with Crippen molar-refractivity contribution < 1.29 is 22.3 Å². The SMILES string of the molecule is COc1cc(F)c(S(=O)(=O)Nc2ccc3c(c2)Cc2ccccc2-3)cc1OC. The maximum Gasteiger partial charge on any atom is 0.264 e. The molecule has 3 aromatic rings. The molecule has 4 rings (SSSR count). The first-order valence-corrected chi connectivity index (χ1v) is 10.1. The van der Waals surface area contributed by atoms with Crippen LogP contribution in [0.5, 0.6) is 11.5 Å². The monoisotopic (exact) mass is 399 g/mol. The fraction of sp³-hybridized carbons (Fsp3) is 0.143. The van der Waals surface area contributed by atoms with E-state index in [1.54, 1.807) is 12.1 Å². The van der Waals surface area contributed by atoms with Crippen molar-refractivity contribution in [3.8, 4) is 22.6 Å². The van der Waals surface area contributed by atoms with E-state index in [0.29, 0.717) is 5.69 Å². The van der Waals surface area contributed by atoms with Crippen molar-refractivity contribution in [1.29, 1.82) is 0 Å². The van der Waals surface area contributed by atoms with E-state index < -0.39 is 20.7 Å². The molecule has 0 aromatic heterocycles. The summed E-state index contributed by atoms with van der Waals surface area (Å²) in [5.74, 6) is -0.665. The number of nitrogens with one attached hydrogen (secondary N) is 1. The number of rotatable bonds is 5. The molecule has 0 spiro atoms. The number of sulfonamides is 1. The van der Waals surface area contributed by atoms with Crippen molar-refractivity contribution in [1.82, 2.24) is 0 Å². The molecule has 0 saturated heterocycles. The van der Waals surface area contributed by atoms with Crippen molar-refractivity contribution in [3.63, 3.8) is 0 Å². The number of hydrogen-bond donors (Lipinski definition) is 1. The summed E-state index contributed by atoms with van der Waals surface area (Å²) in [5.41, 5.74) is 4.83.